The van der Waals surface area contributed by atoms with Crippen LogP contribution >= 0.6 is 12.4 Å². The molecule has 2 aliphatic rings. The highest BCUT2D eigenvalue weighted by Crippen LogP contribution is 2.39. The third kappa shape index (κ3) is 4.42. The van der Waals surface area contributed by atoms with Gasteiger partial charge in [0.2, 0.25) is 0 Å². The van der Waals surface area contributed by atoms with Gasteiger partial charge in [-0.05, 0) is 63.6 Å². The van der Waals surface area contributed by atoms with E-state index < -0.39 is 0 Å². The van der Waals surface area contributed by atoms with Crippen LogP contribution in [-0.4, -0.2) is 37.6 Å². The zero-order valence-electron chi connectivity index (χ0n) is 11.7. The number of nitrogens with zero attached hydrogens (tertiary/aromatic N) is 1. The second-order valence-corrected chi connectivity index (χ2v) is 6.69. The second-order valence-electron chi connectivity index (χ2n) is 6.69. The van der Waals surface area contributed by atoms with Crippen LogP contribution in [0.1, 0.15) is 46.0 Å². The Labute approximate surface area is 113 Å². The van der Waals surface area contributed by atoms with Gasteiger partial charge in [0.05, 0.1) is 0 Å². The first kappa shape index (κ1) is 15.3. The Kier molecular flexibility index (Phi) is 5.75. The Hall–Kier alpha value is 0.210. The van der Waals surface area contributed by atoms with Gasteiger partial charge in [-0.15, -0.1) is 12.4 Å². The molecule has 1 aliphatic heterocycles. The topological polar surface area (TPSA) is 15.3 Å². The molecule has 2 rings (SSSR count). The van der Waals surface area contributed by atoms with Gasteiger partial charge in [-0.2, -0.15) is 0 Å². The molecule has 1 atom stereocenters. The maximum atomic E-state index is 3.45. The molecule has 0 bridgehead atoms. The van der Waals surface area contributed by atoms with Crippen LogP contribution in [0.25, 0.3) is 0 Å². The van der Waals surface area contributed by atoms with Crippen molar-refractivity contribution >= 4 is 12.4 Å². The molecule has 0 radical (unpaired) electrons. The van der Waals surface area contributed by atoms with E-state index in [4.69, 9.17) is 0 Å². The van der Waals surface area contributed by atoms with E-state index in [2.05, 4.69) is 31.1 Å². The molecule has 1 saturated carbocycles. The molecule has 1 N–H and O–H groups in total. The van der Waals surface area contributed by atoms with Crippen LogP contribution in [-0.2, 0) is 0 Å². The lowest BCUT2D eigenvalue weighted by Gasteiger charge is -2.31. The summed E-state index contributed by atoms with van der Waals surface area (Å²) in [5.74, 6) is 0.940. The summed E-state index contributed by atoms with van der Waals surface area (Å²) in [4.78, 5) is 2.64. The van der Waals surface area contributed by atoms with E-state index in [-0.39, 0.29) is 12.4 Å². The van der Waals surface area contributed by atoms with Gasteiger partial charge in [0.25, 0.3) is 0 Å². The molecule has 1 saturated heterocycles. The fourth-order valence-corrected chi connectivity index (χ4v) is 3.40. The van der Waals surface area contributed by atoms with E-state index in [1.165, 1.54) is 51.7 Å². The summed E-state index contributed by atoms with van der Waals surface area (Å²) in [6.45, 7) is 8.63. The van der Waals surface area contributed by atoms with Gasteiger partial charge in [0.1, 0.15) is 0 Å². The Morgan fingerprint density at radius 3 is 2.35 bits per heavy atom. The van der Waals surface area contributed by atoms with Crippen molar-refractivity contribution in [2.45, 2.75) is 52.0 Å². The summed E-state index contributed by atoms with van der Waals surface area (Å²) in [5.41, 5.74) is 0.590. The minimum atomic E-state index is 0. The summed E-state index contributed by atoms with van der Waals surface area (Å²) >= 11 is 0. The third-order valence-corrected chi connectivity index (χ3v) is 4.57. The molecule has 102 valence electrons. The van der Waals surface area contributed by atoms with Crippen LogP contribution < -0.4 is 5.32 Å². The third-order valence-electron chi connectivity index (χ3n) is 4.57. The molecule has 1 unspecified atom stereocenters. The van der Waals surface area contributed by atoms with Crippen molar-refractivity contribution in [2.75, 3.05) is 26.7 Å². The highest BCUT2D eigenvalue weighted by molar-refractivity contribution is 5.85. The number of piperidine rings is 1. The maximum absolute atomic E-state index is 3.45. The van der Waals surface area contributed by atoms with E-state index >= 15 is 0 Å². The summed E-state index contributed by atoms with van der Waals surface area (Å²) in [6, 6.07) is 0.852. The molecular formula is C14H29ClN2. The number of halogens is 1. The fraction of sp³-hybridized carbons (Fsp3) is 1.00. The van der Waals surface area contributed by atoms with E-state index in [0.717, 1.165) is 12.0 Å². The normalized spacial score (nSPS) is 29.3. The Morgan fingerprint density at radius 2 is 1.82 bits per heavy atom. The number of rotatable bonds is 3. The predicted molar refractivity (Wildman–Crippen MR) is 76.9 cm³/mol. The van der Waals surface area contributed by atoms with E-state index in [1.807, 2.05) is 0 Å². The quantitative estimate of drug-likeness (QED) is 0.840. The van der Waals surface area contributed by atoms with Crippen molar-refractivity contribution in [1.82, 2.24) is 10.2 Å². The summed E-state index contributed by atoms with van der Waals surface area (Å²) < 4.78 is 0. The van der Waals surface area contributed by atoms with Gasteiger partial charge in [0.15, 0.2) is 0 Å². The van der Waals surface area contributed by atoms with Gasteiger partial charge in [-0.1, -0.05) is 13.8 Å². The summed E-state index contributed by atoms with van der Waals surface area (Å²) in [6.07, 6.45) is 6.97. The molecule has 0 aromatic heterocycles. The Bertz CT molecular complexity index is 224. The largest absolute Gasteiger partial charge is 0.317 e. The van der Waals surface area contributed by atoms with Crippen molar-refractivity contribution in [2.24, 2.45) is 11.3 Å². The van der Waals surface area contributed by atoms with Crippen molar-refractivity contribution in [3.8, 4) is 0 Å². The number of hydrogen-bond donors (Lipinski definition) is 1. The van der Waals surface area contributed by atoms with E-state index in [1.54, 1.807) is 0 Å². The lowest BCUT2D eigenvalue weighted by molar-refractivity contribution is 0.178. The van der Waals surface area contributed by atoms with Gasteiger partial charge in [0, 0.05) is 12.6 Å². The Morgan fingerprint density at radius 1 is 1.18 bits per heavy atom. The lowest BCUT2D eigenvalue weighted by Crippen LogP contribution is -2.38. The lowest BCUT2D eigenvalue weighted by atomic mass is 9.91. The molecule has 3 heteroatoms. The van der Waals surface area contributed by atoms with Gasteiger partial charge >= 0.3 is 0 Å². The first-order valence-electron chi connectivity index (χ1n) is 6.98. The number of hydrogen-bond acceptors (Lipinski definition) is 2. The average Bonchev–Trinajstić information content (AvgIpc) is 2.60. The van der Waals surface area contributed by atoms with Crippen molar-refractivity contribution in [3.63, 3.8) is 0 Å². The van der Waals surface area contributed by atoms with Gasteiger partial charge in [-0.3, -0.25) is 0 Å². The van der Waals surface area contributed by atoms with Crippen molar-refractivity contribution in [1.29, 1.82) is 0 Å². The van der Waals surface area contributed by atoms with Crippen LogP contribution in [0.2, 0.25) is 0 Å². The predicted octanol–water partition coefficient (Wildman–Crippen LogP) is 2.92. The molecule has 2 fully saturated rings. The fourth-order valence-electron chi connectivity index (χ4n) is 3.40. The SMILES string of the molecule is CN(CC1CCNCC1)C1CCC(C)(C)C1.Cl. The average molecular weight is 261 g/mol. The van der Waals surface area contributed by atoms with Gasteiger partial charge < -0.3 is 10.2 Å². The Balaban J connectivity index is 0.00000144. The summed E-state index contributed by atoms with van der Waals surface area (Å²) in [5, 5.41) is 3.45. The maximum Gasteiger partial charge on any atom is 0.00976 e. The van der Waals surface area contributed by atoms with Crippen molar-refractivity contribution < 1.29 is 0 Å². The molecule has 17 heavy (non-hydrogen) atoms. The zero-order valence-corrected chi connectivity index (χ0v) is 12.5. The highest BCUT2D eigenvalue weighted by Gasteiger charge is 2.33. The van der Waals surface area contributed by atoms with Gasteiger partial charge in [-0.25, -0.2) is 0 Å². The molecule has 2 nitrogen and oxygen atoms in total. The van der Waals surface area contributed by atoms with Crippen molar-refractivity contribution in [3.05, 3.63) is 0 Å². The van der Waals surface area contributed by atoms with E-state index in [0.29, 0.717) is 5.41 Å². The molecular weight excluding hydrogens is 232 g/mol. The van der Waals surface area contributed by atoms with E-state index in [9.17, 15) is 0 Å². The first-order chi connectivity index (χ1) is 7.57. The minimum absolute atomic E-state index is 0. The molecule has 0 amide bonds. The van der Waals surface area contributed by atoms with Crippen LogP contribution in [0.3, 0.4) is 0 Å². The van der Waals surface area contributed by atoms with Crippen LogP contribution in [0, 0.1) is 11.3 Å². The molecule has 1 heterocycles. The molecule has 1 aliphatic carbocycles. The standard InChI is InChI=1S/C14H28N2.ClH/c1-14(2)7-4-13(10-14)16(3)11-12-5-8-15-9-6-12;/h12-13,15H,4-11H2,1-3H3;1H. The van der Waals surface area contributed by atoms with Crippen LogP contribution in [0.4, 0.5) is 0 Å². The summed E-state index contributed by atoms with van der Waals surface area (Å²) in [7, 11) is 2.34. The van der Waals surface area contributed by atoms with Crippen LogP contribution in [0.15, 0.2) is 0 Å². The second kappa shape index (κ2) is 6.40. The molecule has 0 spiro atoms. The van der Waals surface area contributed by atoms with Crippen LogP contribution in [0.5, 0.6) is 0 Å². The monoisotopic (exact) mass is 260 g/mol. The first-order valence-corrected chi connectivity index (χ1v) is 6.98. The smallest absolute Gasteiger partial charge is 0.00976 e. The highest BCUT2D eigenvalue weighted by atomic mass is 35.5. The molecule has 0 aromatic carbocycles. The minimum Gasteiger partial charge on any atom is -0.317 e. The molecule has 0 aromatic rings. The number of nitrogens with one attached hydrogen (secondary N) is 1. The zero-order chi connectivity index (χ0) is 11.6.